The second-order valence-corrected chi connectivity index (χ2v) is 3.64. The van der Waals surface area contributed by atoms with E-state index in [1.165, 1.54) is 30.3 Å². The van der Waals surface area contributed by atoms with Crippen molar-refractivity contribution in [2.24, 2.45) is 0 Å². The second-order valence-electron chi connectivity index (χ2n) is 3.64. The smallest absolute Gasteiger partial charge is 0.295 e. The molecule has 0 saturated carbocycles. The van der Waals surface area contributed by atoms with Crippen LogP contribution in [0.3, 0.4) is 0 Å². The molecule has 0 saturated heterocycles. The lowest BCUT2D eigenvalue weighted by Crippen LogP contribution is -2.34. The van der Waals surface area contributed by atoms with E-state index >= 15 is 0 Å². The van der Waals surface area contributed by atoms with Crippen molar-refractivity contribution in [2.75, 3.05) is 0 Å². The van der Waals surface area contributed by atoms with Crippen molar-refractivity contribution < 1.29 is 9.12 Å². The number of hydrogen-bond donors (Lipinski definition) is 0. The Morgan fingerprint density at radius 2 is 2.11 bits per heavy atom. The summed E-state index contributed by atoms with van der Waals surface area (Å²) in [4.78, 5) is 0. The third-order valence-corrected chi connectivity index (χ3v) is 2.55. The first-order valence-electron chi connectivity index (χ1n) is 5.22. The molecule has 0 bridgehead atoms. The maximum Gasteiger partial charge on any atom is 0.295 e. The van der Waals surface area contributed by atoms with Gasteiger partial charge in [0.1, 0.15) is 5.82 Å². The molecule has 1 aromatic carbocycles. The molecule has 4 heteroatoms. The summed E-state index contributed by atoms with van der Waals surface area (Å²) in [7, 11) is 0. The molecule has 0 fully saturated rings. The van der Waals surface area contributed by atoms with E-state index in [4.69, 9.17) is 5.26 Å². The van der Waals surface area contributed by atoms with E-state index in [0.29, 0.717) is 15.9 Å². The van der Waals surface area contributed by atoms with Crippen LogP contribution in [-0.2, 0) is 0 Å². The van der Waals surface area contributed by atoms with Crippen LogP contribution in [0, 0.1) is 22.4 Å². The van der Waals surface area contributed by atoms with Crippen molar-refractivity contribution in [1.82, 2.24) is 0 Å². The molecule has 0 N–H and O–H groups in total. The van der Waals surface area contributed by atoms with Crippen LogP contribution >= 0.6 is 0 Å². The summed E-state index contributed by atoms with van der Waals surface area (Å²) in [6.07, 6.45) is 1.50. The molecule has 0 atom stereocenters. The minimum atomic E-state index is -0.440. The van der Waals surface area contributed by atoms with Crippen LogP contribution in [0.1, 0.15) is 11.3 Å². The first-order chi connectivity index (χ1) is 8.67. The average molecular weight is 240 g/mol. The van der Waals surface area contributed by atoms with Gasteiger partial charge >= 0.3 is 0 Å². The minimum Gasteiger partial charge on any atom is -0.617 e. The van der Waals surface area contributed by atoms with Gasteiger partial charge in [-0.3, -0.25) is 0 Å². The minimum absolute atomic E-state index is 0.0418. The van der Waals surface area contributed by atoms with Gasteiger partial charge in [0, 0.05) is 11.6 Å². The second kappa shape index (κ2) is 4.68. The fourth-order valence-corrected chi connectivity index (χ4v) is 1.72. The lowest BCUT2D eigenvalue weighted by atomic mass is 10.0. The molecule has 1 heterocycles. The monoisotopic (exact) mass is 240 g/mol. The fourth-order valence-electron chi connectivity index (χ4n) is 1.72. The van der Waals surface area contributed by atoms with Crippen molar-refractivity contribution >= 4 is 6.08 Å². The van der Waals surface area contributed by atoms with Gasteiger partial charge < -0.3 is 5.21 Å². The van der Waals surface area contributed by atoms with Gasteiger partial charge in [-0.1, -0.05) is 18.7 Å². The quantitative estimate of drug-likeness (QED) is 0.598. The van der Waals surface area contributed by atoms with Crippen LogP contribution in [0.4, 0.5) is 4.39 Å². The number of rotatable bonds is 2. The van der Waals surface area contributed by atoms with E-state index in [2.05, 4.69) is 6.58 Å². The highest BCUT2D eigenvalue weighted by molar-refractivity contribution is 5.69. The van der Waals surface area contributed by atoms with Crippen LogP contribution in [-0.4, -0.2) is 0 Å². The van der Waals surface area contributed by atoms with E-state index in [9.17, 15) is 9.60 Å². The Labute approximate surface area is 104 Å². The van der Waals surface area contributed by atoms with Gasteiger partial charge in [-0.25, -0.2) is 4.39 Å². The first-order valence-corrected chi connectivity index (χ1v) is 5.22. The number of pyridine rings is 1. The van der Waals surface area contributed by atoms with E-state index in [-0.39, 0.29) is 11.4 Å². The average Bonchev–Trinajstić information content (AvgIpc) is 2.38. The molecular formula is C14H9FN2O. The summed E-state index contributed by atoms with van der Waals surface area (Å²) in [5, 5.41) is 20.9. The molecule has 3 nitrogen and oxygen atoms in total. The number of nitrogens with zero attached hydrogens (tertiary/aromatic N) is 2. The summed E-state index contributed by atoms with van der Waals surface area (Å²) in [6.45, 7) is 3.61. The lowest BCUT2D eigenvalue weighted by molar-refractivity contribution is -0.596. The molecular weight excluding hydrogens is 231 g/mol. The van der Waals surface area contributed by atoms with Crippen LogP contribution in [0.5, 0.6) is 0 Å². The largest absolute Gasteiger partial charge is 0.617 e. The number of aromatic nitrogens is 1. The van der Waals surface area contributed by atoms with Crippen molar-refractivity contribution in [3.8, 4) is 17.3 Å². The maximum absolute atomic E-state index is 13.2. The van der Waals surface area contributed by atoms with Crippen molar-refractivity contribution in [2.45, 2.75) is 0 Å². The third kappa shape index (κ3) is 1.94. The zero-order chi connectivity index (χ0) is 13.1. The SMILES string of the molecule is C=Cc1ccc(C#N)[n+]([O-])c1-c1cccc(F)c1. The van der Waals surface area contributed by atoms with Crippen molar-refractivity contribution in [1.29, 1.82) is 5.26 Å². The molecule has 2 aromatic rings. The Bertz CT molecular complexity index is 659. The summed E-state index contributed by atoms with van der Waals surface area (Å²) >= 11 is 0. The molecule has 0 aliphatic carbocycles. The highest BCUT2D eigenvalue weighted by Gasteiger charge is 2.17. The van der Waals surface area contributed by atoms with Gasteiger partial charge in [-0.2, -0.15) is 9.99 Å². The highest BCUT2D eigenvalue weighted by Crippen LogP contribution is 2.22. The summed E-state index contributed by atoms with van der Waals surface area (Å²) in [5.74, 6) is -0.440. The molecule has 0 amide bonds. The Balaban J connectivity index is 2.76. The van der Waals surface area contributed by atoms with Crippen molar-refractivity contribution in [3.63, 3.8) is 0 Å². The third-order valence-electron chi connectivity index (χ3n) is 2.55. The standard InChI is InChI=1S/C14H9FN2O/c1-2-10-6-7-13(9-16)17(18)14(10)11-4-3-5-12(15)8-11/h2-8H,1H2. The van der Waals surface area contributed by atoms with E-state index in [0.717, 1.165) is 0 Å². The fraction of sp³-hybridized carbons (Fsp3) is 0. The Morgan fingerprint density at radius 3 is 2.72 bits per heavy atom. The molecule has 88 valence electrons. The summed E-state index contributed by atoms with van der Waals surface area (Å²) in [6, 6.07) is 10.5. The Hall–Kier alpha value is -2.67. The zero-order valence-corrected chi connectivity index (χ0v) is 9.43. The molecule has 1 aromatic heterocycles. The summed E-state index contributed by atoms with van der Waals surface area (Å²) in [5.41, 5.74) is 1.15. The Kier molecular flexibility index (Phi) is 3.07. The zero-order valence-electron chi connectivity index (χ0n) is 9.43. The highest BCUT2D eigenvalue weighted by atomic mass is 19.1. The Morgan fingerprint density at radius 1 is 1.33 bits per heavy atom. The van der Waals surface area contributed by atoms with Crippen LogP contribution < -0.4 is 4.73 Å². The van der Waals surface area contributed by atoms with Crippen LogP contribution in [0.25, 0.3) is 17.3 Å². The maximum atomic E-state index is 13.2. The first kappa shape index (κ1) is 11.8. The van der Waals surface area contributed by atoms with E-state index in [1.807, 2.05) is 0 Å². The van der Waals surface area contributed by atoms with E-state index < -0.39 is 5.82 Å². The predicted octanol–water partition coefficient (Wildman–Crippen LogP) is 2.64. The van der Waals surface area contributed by atoms with E-state index in [1.54, 1.807) is 18.2 Å². The molecule has 2 rings (SSSR count). The van der Waals surface area contributed by atoms with Crippen LogP contribution in [0.15, 0.2) is 43.0 Å². The number of nitriles is 1. The summed E-state index contributed by atoms with van der Waals surface area (Å²) < 4.78 is 13.7. The van der Waals surface area contributed by atoms with Gasteiger partial charge in [0.25, 0.3) is 5.69 Å². The van der Waals surface area contributed by atoms with Gasteiger partial charge in [-0.05, 0) is 24.3 Å². The number of halogens is 1. The van der Waals surface area contributed by atoms with Crippen molar-refractivity contribution in [3.05, 3.63) is 65.3 Å². The van der Waals surface area contributed by atoms with Gasteiger partial charge in [-0.15, -0.1) is 0 Å². The molecule has 0 unspecified atom stereocenters. The molecule has 0 aliphatic rings. The van der Waals surface area contributed by atoms with Gasteiger partial charge in [0.05, 0.1) is 5.56 Å². The molecule has 0 radical (unpaired) electrons. The lowest BCUT2D eigenvalue weighted by Gasteiger charge is -2.08. The number of benzene rings is 1. The number of hydrogen-bond acceptors (Lipinski definition) is 2. The molecule has 0 aliphatic heterocycles. The van der Waals surface area contributed by atoms with Gasteiger partial charge in [0.15, 0.2) is 6.07 Å². The molecule has 0 spiro atoms. The normalized spacial score (nSPS) is 9.78. The van der Waals surface area contributed by atoms with Crippen LogP contribution in [0.2, 0.25) is 0 Å². The predicted molar refractivity (Wildman–Crippen MR) is 65.6 cm³/mol. The molecule has 18 heavy (non-hydrogen) atoms. The topological polar surface area (TPSA) is 50.7 Å². The van der Waals surface area contributed by atoms with Gasteiger partial charge in [0.2, 0.25) is 5.69 Å².